The van der Waals surface area contributed by atoms with Crippen LogP contribution in [0.5, 0.6) is 5.75 Å². The normalized spacial score (nSPS) is 11.9. The predicted molar refractivity (Wildman–Crippen MR) is 76.6 cm³/mol. The topological polar surface area (TPSA) is 69.6 Å². The Morgan fingerprint density at radius 2 is 1.90 bits per heavy atom. The molecular formula is C16H16FNO3. The number of aromatic hydroxyl groups is 1. The molecule has 0 spiro atoms. The van der Waals surface area contributed by atoms with E-state index in [2.05, 4.69) is 5.32 Å². The lowest BCUT2D eigenvalue weighted by Crippen LogP contribution is -2.39. The minimum absolute atomic E-state index is 0.151. The van der Waals surface area contributed by atoms with Gasteiger partial charge in [0.15, 0.2) is 0 Å². The second kappa shape index (κ2) is 6.85. The second-order valence-corrected chi connectivity index (χ2v) is 4.70. The Morgan fingerprint density at radius 3 is 2.57 bits per heavy atom. The summed E-state index contributed by atoms with van der Waals surface area (Å²) in [6, 6.07) is 12.0. The molecule has 0 bridgehead atoms. The van der Waals surface area contributed by atoms with Crippen LogP contribution in [0.2, 0.25) is 0 Å². The molecule has 0 aliphatic rings. The van der Waals surface area contributed by atoms with Crippen molar-refractivity contribution in [2.45, 2.75) is 12.5 Å². The van der Waals surface area contributed by atoms with Crippen LogP contribution in [0.4, 0.5) is 4.39 Å². The van der Waals surface area contributed by atoms with Gasteiger partial charge in [0.25, 0.3) is 5.91 Å². The van der Waals surface area contributed by atoms with Gasteiger partial charge in [0.05, 0.1) is 18.2 Å². The Balaban J connectivity index is 2.07. The number of nitrogens with one attached hydrogen (secondary N) is 1. The van der Waals surface area contributed by atoms with Crippen molar-refractivity contribution in [2.75, 3.05) is 6.61 Å². The van der Waals surface area contributed by atoms with E-state index in [1.807, 2.05) is 30.3 Å². The van der Waals surface area contributed by atoms with E-state index < -0.39 is 17.8 Å². The van der Waals surface area contributed by atoms with Gasteiger partial charge in [0, 0.05) is 0 Å². The van der Waals surface area contributed by atoms with Gasteiger partial charge in [0.2, 0.25) is 0 Å². The highest BCUT2D eigenvalue weighted by Crippen LogP contribution is 2.18. The fourth-order valence-corrected chi connectivity index (χ4v) is 2.01. The van der Waals surface area contributed by atoms with Gasteiger partial charge in [-0.25, -0.2) is 4.39 Å². The predicted octanol–water partition coefficient (Wildman–Crippen LogP) is 1.86. The molecular weight excluding hydrogens is 273 g/mol. The molecule has 2 aromatic rings. The maximum Gasteiger partial charge on any atom is 0.255 e. The third-order valence-electron chi connectivity index (χ3n) is 3.08. The zero-order chi connectivity index (χ0) is 15.2. The highest BCUT2D eigenvalue weighted by molar-refractivity contribution is 5.97. The molecule has 110 valence electrons. The Bertz CT molecular complexity index is 616. The fourth-order valence-electron chi connectivity index (χ4n) is 2.01. The van der Waals surface area contributed by atoms with Crippen LogP contribution in [0.15, 0.2) is 48.5 Å². The van der Waals surface area contributed by atoms with Gasteiger partial charge >= 0.3 is 0 Å². The molecule has 1 amide bonds. The summed E-state index contributed by atoms with van der Waals surface area (Å²) in [5, 5.41) is 21.5. The van der Waals surface area contributed by atoms with Crippen LogP contribution >= 0.6 is 0 Å². The smallest absolute Gasteiger partial charge is 0.255 e. The third kappa shape index (κ3) is 4.03. The monoisotopic (exact) mass is 289 g/mol. The number of phenolic OH excluding ortho intramolecular Hbond substituents is 1. The number of rotatable bonds is 5. The van der Waals surface area contributed by atoms with E-state index in [1.54, 1.807) is 0 Å². The number of amides is 1. The molecule has 0 aromatic heterocycles. The highest BCUT2D eigenvalue weighted by atomic mass is 19.1. The van der Waals surface area contributed by atoms with Crippen molar-refractivity contribution in [2.24, 2.45) is 0 Å². The first-order valence-electron chi connectivity index (χ1n) is 6.54. The molecule has 2 rings (SSSR count). The summed E-state index contributed by atoms with van der Waals surface area (Å²) in [4.78, 5) is 12.0. The molecule has 0 heterocycles. The summed E-state index contributed by atoms with van der Waals surface area (Å²) < 4.78 is 13.1. The molecule has 0 aliphatic heterocycles. The molecule has 0 radical (unpaired) electrons. The summed E-state index contributed by atoms with van der Waals surface area (Å²) in [5.74, 6) is -1.53. The number of aliphatic hydroxyl groups is 1. The number of hydrogen-bond acceptors (Lipinski definition) is 3. The van der Waals surface area contributed by atoms with Crippen LogP contribution < -0.4 is 5.32 Å². The molecule has 0 unspecified atom stereocenters. The summed E-state index contributed by atoms with van der Waals surface area (Å²) in [6.45, 7) is -0.253. The van der Waals surface area contributed by atoms with Gasteiger partial charge in [-0.3, -0.25) is 4.79 Å². The molecule has 1 atom stereocenters. The maximum absolute atomic E-state index is 13.1. The van der Waals surface area contributed by atoms with E-state index in [4.69, 9.17) is 0 Å². The van der Waals surface area contributed by atoms with Gasteiger partial charge in [-0.05, 0) is 30.2 Å². The summed E-state index contributed by atoms with van der Waals surface area (Å²) in [5.41, 5.74) is 0.807. The first-order valence-corrected chi connectivity index (χ1v) is 6.54. The number of phenols is 1. The van der Waals surface area contributed by atoms with Crippen molar-refractivity contribution in [1.29, 1.82) is 0 Å². The first-order chi connectivity index (χ1) is 10.1. The second-order valence-electron chi connectivity index (χ2n) is 4.70. The van der Waals surface area contributed by atoms with E-state index in [0.29, 0.717) is 6.42 Å². The quantitative estimate of drug-likeness (QED) is 0.787. The van der Waals surface area contributed by atoms with Crippen molar-refractivity contribution in [1.82, 2.24) is 5.32 Å². The van der Waals surface area contributed by atoms with Crippen LogP contribution in [-0.2, 0) is 6.42 Å². The van der Waals surface area contributed by atoms with E-state index >= 15 is 0 Å². The molecule has 0 saturated carbocycles. The molecule has 0 fully saturated rings. The van der Waals surface area contributed by atoms with E-state index in [0.717, 1.165) is 23.8 Å². The molecule has 3 N–H and O–H groups in total. The Labute approximate surface area is 121 Å². The number of aliphatic hydroxyl groups excluding tert-OH is 1. The Morgan fingerprint density at radius 1 is 1.19 bits per heavy atom. The van der Waals surface area contributed by atoms with Crippen molar-refractivity contribution >= 4 is 5.91 Å². The zero-order valence-corrected chi connectivity index (χ0v) is 11.3. The van der Waals surface area contributed by atoms with Gasteiger partial charge in [-0.2, -0.15) is 0 Å². The lowest BCUT2D eigenvalue weighted by molar-refractivity contribution is 0.0913. The number of hydrogen-bond donors (Lipinski definition) is 3. The molecule has 4 nitrogen and oxygen atoms in total. The van der Waals surface area contributed by atoms with Crippen LogP contribution in [0.1, 0.15) is 15.9 Å². The summed E-state index contributed by atoms with van der Waals surface area (Å²) in [6.07, 6.45) is 0.444. The van der Waals surface area contributed by atoms with Crippen molar-refractivity contribution in [3.8, 4) is 5.75 Å². The fraction of sp³-hybridized carbons (Fsp3) is 0.188. The average Bonchev–Trinajstić information content (AvgIpc) is 2.50. The number of benzene rings is 2. The van der Waals surface area contributed by atoms with Gasteiger partial charge in [-0.15, -0.1) is 0 Å². The average molecular weight is 289 g/mol. The first kappa shape index (κ1) is 15.0. The van der Waals surface area contributed by atoms with E-state index in [-0.39, 0.29) is 17.9 Å². The highest BCUT2D eigenvalue weighted by Gasteiger charge is 2.17. The Kier molecular flexibility index (Phi) is 4.90. The number of carbonyl (C=O) groups is 1. The van der Waals surface area contributed by atoms with Gasteiger partial charge < -0.3 is 15.5 Å². The standard InChI is InChI=1S/C16H16FNO3/c17-12-6-7-15(20)14(9-12)16(21)18-13(10-19)8-11-4-2-1-3-5-11/h1-7,9,13,19-20H,8,10H2,(H,18,21)/t13-/m1/s1. The lowest BCUT2D eigenvalue weighted by Gasteiger charge is -2.17. The maximum atomic E-state index is 13.1. The largest absolute Gasteiger partial charge is 0.507 e. The van der Waals surface area contributed by atoms with Crippen LogP contribution in [0.3, 0.4) is 0 Å². The van der Waals surface area contributed by atoms with Gasteiger partial charge in [-0.1, -0.05) is 30.3 Å². The summed E-state index contributed by atoms with van der Waals surface area (Å²) >= 11 is 0. The SMILES string of the molecule is O=C(N[C@@H](CO)Cc1ccccc1)c1cc(F)ccc1O. The number of halogens is 1. The molecule has 21 heavy (non-hydrogen) atoms. The van der Waals surface area contributed by atoms with Crippen molar-refractivity contribution in [3.05, 3.63) is 65.5 Å². The molecule has 0 saturated heterocycles. The third-order valence-corrected chi connectivity index (χ3v) is 3.08. The minimum atomic E-state index is -0.623. The van der Waals surface area contributed by atoms with Crippen molar-refractivity contribution in [3.63, 3.8) is 0 Å². The summed E-state index contributed by atoms with van der Waals surface area (Å²) in [7, 11) is 0. The van der Waals surface area contributed by atoms with Crippen molar-refractivity contribution < 1.29 is 19.4 Å². The van der Waals surface area contributed by atoms with Crippen LogP contribution in [0, 0.1) is 5.82 Å². The van der Waals surface area contributed by atoms with E-state index in [9.17, 15) is 19.4 Å². The van der Waals surface area contributed by atoms with Gasteiger partial charge in [0.1, 0.15) is 11.6 Å². The lowest BCUT2D eigenvalue weighted by atomic mass is 10.1. The minimum Gasteiger partial charge on any atom is -0.507 e. The zero-order valence-electron chi connectivity index (χ0n) is 11.3. The number of carbonyl (C=O) groups excluding carboxylic acids is 1. The molecule has 5 heteroatoms. The Hall–Kier alpha value is -2.40. The molecule has 0 aliphatic carbocycles. The van der Waals surface area contributed by atoms with Crippen LogP contribution in [-0.4, -0.2) is 28.8 Å². The molecule has 2 aromatic carbocycles. The van der Waals surface area contributed by atoms with E-state index in [1.165, 1.54) is 0 Å². The van der Waals surface area contributed by atoms with Crippen LogP contribution in [0.25, 0.3) is 0 Å².